The second-order valence-corrected chi connectivity index (χ2v) is 6.62. The molecule has 5 nitrogen and oxygen atoms in total. The molecule has 1 saturated heterocycles. The number of nitrogens with zero attached hydrogens (tertiary/aromatic N) is 2. The maximum absolute atomic E-state index is 12.7. The van der Waals surface area contributed by atoms with Crippen molar-refractivity contribution in [3.63, 3.8) is 0 Å². The molecule has 0 unspecified atom stereocenters. The zero-order chi connectivity index (χ0) is 17.5. The minimum Gasteiger partial charge on any atom is -0.395 e. The molecule has 2 amide bonds. The number of carbonyl (C=O) groups is 2. The summed E-state index contributed by atoms with van der Waals surface area (Å²) in [5.74, 6) is -0.0641. The van der Waals surface area contributed by atoms with E-state index in [-0.39, 0.29) is 24.3 Å². The summed E-state index contributed by atoms with van der Waals surface area (Å²) in [7, 11) is 0. The topological polar surface area (TPSA) is 60.9 Å². The van der Waals surface area contributed by atoms with E-state index in [0.29, 0.717) is 44.0 Å². The number of halogens is 1. The molecule has 0 aromatic heterocycles. The number of carbonyl (C=O) groups excluding carboxylic acids is 2. The summed E-state index contributed by atoms with van der Waals surface area (Å²) in [5, 5.41) is 9.82. The van der Waals surface area contributed by atoms with E-state index in [1.54, 1.807) is 21.9 Å². The smallest absolute Gasteiger partial charge is 0.227 e. The van der Waals surface area contributed by atoms with Crippen LogP contribution in [0.25, 0.3) is 0 Å². The molecule has 1 aromatic carbocycles. The molecule has 24 heavy (non-hydrogen) atoms. The fourth-order valence-corrected chi connectivity index (χ4v) is 3.19. The summed E-state index contributed by atoms with van der Waals surface area (Å²) < 4.78 is 0. The Bertz CT molecular complexity index is 556. The first kappa shape index (κ1) is 18.7. The Hall–Kier alpha value is -1.59. The Balaban J connectivity index is 2.02. The quantitative estimate of drug-likeness (QED) is 0.819. The van der Waals surface area contributed by atoms with Crippen molar-refractivity contribution in [2.45, 2.75) is 32.7 Å². The molecular formula is C18H25ClN2O3. The molecule has 0 spiro atoms. The van der Waals surface area contributed by atoms with Gasteiger partial charge in [0.05, 0.1) is 12.5 Å². The van der Waals surface area contributed by atoms with Gasteiger partial charge in [-0.2, -0.15) is 0 Å². The molecule has 1 aliphatic rings. The third-order valence-electron chi connectivity index (χ3n) is 4.31. The molecule has 0 aliphatic carbocycles. The molecule has 1 aromatic rings. The highest BCUT2D eigenvalue weighted by Crippen LogP contribution is 2.22. The average Bonchev–Trinajstić information content (AvgIpc) is 2.58. The van der Waals surface area contributed by atoms with Gasteiger partial charge in [-0.3, -0.25) is 9.59 Å². The normalized spacial score (nSPS) is 17.9. The van der Waals surface area contributed by atoms with Gasteiger partial charge in [-0.25, -0.2) is 0 Å². The number of benzene rings is 1. The minimum atomic E-state index is -0.187. The number of amides is 2. The first-order chi connectivity index (χ1) is 11.5. The Labute approximate surface area is 148 Å². The first-order valence-electron chi connectivity index (χ1n) is 8.47. The second kappa shape index (κ2) is 9.04. The van der Waals surface area contributed by atoms with Crippen LogP contribution in [0.3, 0.4) is 0 Å². The van der Waals surface area contributed by atoms with Crippen molar-refractivity contribution in [1.29, 1.82) is 0 Å². The molecule has 1 heterocycles. The third kappa shape index (κ3) is 4.95. The van der Waals surface area contributed by atoms with Gasteiger partial charge < -0.3 is 14.9 Å². The van der Waals surface area contributed by atoms with Crippen LogP contribution in [-0.4, -0.2) is 53.0 Å². The summed E-state index contributed by atoms with van der Waals surface area (Å²) in [6.07, 6.45) is 1.83. The van der Waals surface area contributed by atoms with Gasteiger partial charge in [-0.1, -0.05) is 30.7 Å². The maximum atomic E-state index is 12.7. The van der Waals surface area contributed by atoms with Crippen molar-refractivity contribution in [3.8, 4) is 0 Å². The first-order valence-corrected chi connectivity index (χ1v) is 8.84. The zero-order valence-electron chi connectivity index (χ0n) is 14.1. The van der Waals surface area contributed by atoms with Crippen LogP contribution in [0, 0.1) is 5.92 Å². The van der Waals surface area contributed by atoms with Crippen LogP contribution in [-0.2, 0) is 16.1 Å². The second-order valence-electron chi connectivity index (χ2n) is 6.19. The van der Waals surface area contributed by atoms with Gasteiger partial charge in [-0.15, -0.1) is 0 Å². The van der Waals surface area contributed by atoms with Crippen LogP contribution in [0.4, 0.5) is 0 Å². The molecule has 6 heteroatoms. The van der Waals surface area contributed by atoms with Crippen LogP contribution in [0.2, 0.25) is 5.02 Å². The monoisotopic (exact) mass is 352 g/mol. The largest absolute Gasteiger partial charge is 0.395 e. The van der Waals surface area contributed by atoms with Gasteiger partial charge in [0.25, 0.3) is 0 Å². The number of piperidine rings is 1. The van der Waals surface area contributed by atoms with Gasteiger partial charge in [0.15, 0.2) is 0 Å². The van der Waals surface area contributed by atoms with E-state index < -0.39 is 0 Å². The summed E-state index contributed by atoms with van der Waals surface area (Å²) in [4.78, 5) is 28.3. The van der Waals surface area contributed by atoms with Crippen molar-refractivity contribution in [1.82, 2.24) is 9.80 Å². The molecular weight excluding hydrogens is 328 g/mol. The fourth-order valence-electron chi connectivity index (χ4n) is 3.06. The van der Waals surface area contributed by atoms with E-state index in [9.17, 15) is 9.59 Å². The van der Waals surface area contributed by atoms with E-state index in [2.05, 4.69) is 0 Å². The lowest BCUT2D eigenvalue weighted by Crippen LogP contribution is -2.47. The van der Waals surface area contributed by atoms with Gasteiger partial charge in [0, 0.05) is 37.6 Å². The van der Waals surface area contributed by atoms with Crippen molar-refractivity contribution in [2.75, 3.05) is 26.2 Å². The molecule has 1 aliphatic heterocycles. The van der Waals surface area contributed by atoms with Gasteiger partial charge in [0.1, 0.15) is 0 Å². The Morgan fingerprint density at radius 1 is 1.33 bits per heavy atom. The van der Waals surface area contributed by atoms with E-state index >= 15 is 0 Å². The van der Waals surface area contributed by atoms with Gasteiger partial charge in [-0.05, 0) is 30.5 Å². The third-order valence-corrected chi connectivity index (χ3v) is 4.56. The molecule has 1 fully saturated rings. The molecule has 0 saturated carbocycles. The molecule has 1 atom stereocenters. The summed E-state index contributed by atoms with van der Waals surface area (Å²) in [6.45, 7) is 3.90. The number of aliphatic hydroxyl groups is 1. The van der Waals surface area contributed by atoms with Crippen molar-refractivity contribution >= 4 is 23.4 Å². The minimum absolute atomic E-state index is 0.0358. The van der Waals surface area contributed by atoms with Gasteiger partial charge >= 0.3 is 0 Å². The highest BCUT2D eigenvalue weighted by molar-refractivity contribution is 6.30. The summed E-state index contributed by atoms with van der Waals surface area (Å²) in [6, 6.07) is 7.41. The molecule has 0 bridgehead atoms. The number of rotatable bonds is 7. The lowest BCUT2D eigenvalue weighted by molar-refractivity contribution is -0.143. The average molecular weight is 353 g/mol. The SMILES string of the molecule is CCCN(CCO)C(=O)[C@H]1CCC(=O)N(Cc2ccc(Cl)cc2)C1. The summed E-state index contributed by atoms with van der Waals surface area (Å²) >= 11 is 5.89. The van der Waals surface area contributed by atoms with Crippen molar-refractivity contribution in [3.05, 3.63) is 34.9 Å². The number of hydrogen-bond donors (Lipinski definition) is 1. The molecule has 1 N–H and O–H groups in total. The van der Waals surface area contributed by atoms with E-state index in [1.165, 1.54) is 0 Å². The highest BCUT2D eigenvalue weighted by atomic mass is 35.5. The maximum Gasteiger partial charge on any atom is 0.227 e. The standard InChI is InChI=1S/C18H25ClN2O3/c1-2-9-20(10-11-22)18(24)15-5-8-17(23)21(13-15)12-14-3-6-16(19)7-4-14/h3-4,6-7,15,22H,2,5,8-13H2,1H3/t15-/m0/s1. The van der Waals surface area contributed by atoms with E-state index in [4.69, 9.17) is 16.7 Å². The number of likely N-dealkylation sites (tertiary alicyclic amines) is 1. The van der Waals surface area contributed by atoms with Gasteiger partial charge in [0.2, 0.25) is 11.8 Å². The van der Waals surface area contributed by atoms with Crippen LogP contribution >= 0.6 is 11.6 Å². The zero-order valence-corrected chi connectivity index (χ0v) is 14.8. The molecule has 0 radical (unpaired) electrons. The Morgan fingerprint density at radius 3 is 2.67 bits per heavy atom. The van der Waals surface area contributed by atoms with Crippen LogP contribution < -0.4 is 0 Å². The summed E-state index contributed by atoms with van der Waals surface area (Å²) in [5.41, 5.74) is 1.00. The van der Waals surface area contributed by atoms with E-state index in [0.717, 1.165) is 12.0 Å². The van der Waals surface area contributed by atoms with E-state index in [1.807, 2.05) is 19.1 Å². The van der Waals surface area contributed by atoms with Crippen LogP contribution in [0.5, 0.6) is 0 Å². The number of hydrogen-bond acceptors (Lipinski definition) is 3. The predicted octanol–water partition coefficient (Wildman–Crippen LogP) is 2.31. The number of aliphatic hydroxyl groups excluding tert-OH is 1. The lowest BCUT2D eigenvalue weighted by atomic mass is 9.95. The highest BCUT2D eigenvalue weighted by Gasteiger charge is 2.32. The Morgan fingerprint density at radius 2 is 2.04 bits per heavy atom. The van der Waals surface area contributed by atoms with Crippen molar-refractivity contribution in [2.24, 2.45) is 5.92 Å². The Kier molecular flexibility index (Phi) is 7.06. The fraction of sp³-hybridized carbons (Fsp3) is 0.556. The molecule has 132 valence electrons. The van der Waals surface area contributed by atoms with Crippen molar-refractivity contribution < 1.29 is 14.7 Å². The van der Waals surface area contributed by atoms with Crippen LogP contribution in [0.15, 0.2) is 24.3 Å². The lowest BCUT2D eigenvalue weighted by Gasteiger charge is -2.34. The predicted molar refractivity (Wildman–Crippen MR) is 93.5 cm³/mol. The molecule has 2 rings (SSSR count). The van der Waals surface area contributed by atoms with Crippen LogP contribution in [0.1, 0.15) is 31.7 Å².